The van der Waals surface area contributed by atoms with Crippen molar-refractivity contribution in [1.82, 2.24) is 19.8 Å². The highest BCUT2D eigenvalue weighted by Gasteiger charge is 2.29. The van der Waals surface area contributed by atoms with E-state index in [1.165, 1.54) is 41.3 Å². The topological polar surface area (TPSA) is 50.2 Å². The number of hydrogen-bond acceptors (Lipinski definition) is 4. The maximum Gasteiger partial charge on any atom is 0.267 e. The predicted octanol–water partition coefficient (Wildman–Crippen LogP) is 3.45. The Morgan fingerprint density at radius 3 is 2.92 bits per heavy atom. The van der Waals surface area contributed by atoms with Gasteiger partial charge in [0, 0.05) is 43.3 Å². The van der Waals surface area contributed by atoms with E-state index in [0.717, 1.165) is 31.1 Å². The molecule has 1 N–H and O–H groups in total. The van der Waals surface area contributed by atoms with Crippen molar-refractivity contribution in [3.63, 3.8) is 0 Å². The summed E-state index contributed by atoms with van der Waals surface area (Å²) in [4.78, 5) is 20.6. The second kappa shape index (κ2) is 6.92. The highest BCUT2D eigenvalue weighted by Crippen LogP contribution is 2.42. The van der Waals surface area contributed by atoms with Crippen molar-refractivity contribution in [2.45, 2.75) is 50.6 Å². The summed E-state index contributed by atoms with van der Waals surface area (Å²) < 4.78 is 2.06. The molecule has 4 rings (SSSR count). The molecule has 2 aliphatic rings. The molecule has 1 saturated carbocycles. The number of piperidine rings is 1. The van der Waals surface area contributed by atoms with Gasteiger partial charge in [-0.05, 0) is 44.4 Å². The fraction of sp³-hybridized carbons (Fsp3) is 0.579. The fourth-order valence-electron chi connectivity index (χ4n) is 3.85. The van der Waals surface area contributed by atoms with Gasteiger partial charge in [-0.3, -0.25) is 9.69 Å². The van der Waals surface area contributed by atoms with Crippen LogP contribution in [-0.4, -0.2) is 34.0 Å². The van der Waals surface area contributed by atoms with Gasteiger partial charge in [0.1, 0.15) is 5.69 Å². The zero-order chi connectivity index (χ0) is 17.4. The molecule has 2 aromatic rings. The minimum absolute atomic E-state index is 0.0207. The lowest BCUT2D eigenvalue weighted by Gasteiger charge is -2.35. The summed E-state index contributed by atoms with van der Waals surface area (Å²) >= 11 is 1.89. The van der Waals surface area contributed by atoms with Crippen LogP contribution in [-0.2, 0) is 13.6 Å². The van der Waals surface area contributed by atoms with Gasteiger partial charge in [0.2, 0.25) is 0 Å². The zero-order valence-corrected chi connectivity index (χ0v) is 15.8. The summed E-state index contributed by atoms with van der Waals surface area (Å²) in [7, 11) is 3.69. The molecule has 3 heterocycles. The summed E-state index contributed by atoms with van der Waals surface area (Å²) in [6.45, 7) is 2.08. The van der Waals surface area contributed by atoms with Crippen LogP contribution in [0.15, 0.2) is 18.3 Å². The van der Waals surface area contributed by atoms with Gasteiger partial charge in [0.05, 0.1) is 11.0 Å². The lowest BCUT2D eigenvalue weighted by Crippen LogP contribution is -2.34. The molecule has 1 amide bonds. The largest absolute Gasteiger partial charge is 0.354 e. The average Bonchev–Trinajstić information content (AvgIpc) is 3.26. The third-order valence-corrected chi connectivity index (χ3v) is 6.58. The van der Waals surface area contributed by atoms with Crippen molar-refractivity contribution < 1.29 is 4.79 Å². The Kier molecular flexibility index (Phi) is 4.65. The van der Waals surface area contributed by atoms with Crippen molar-refractivity contribution in [1.29, 1.82) is 0 Å². The first-order chi connectivity index (χ1) is 12.2. The van der Waals surface area contributed by atoms with Crippen molar-refractivity contribution >= 4 is 17.2 Å². The molecule has 0 spiro atoms. The van der Waals surface area contributed by atoms with Crippen LogP contribution in [0.5, 0.6) is 0 Å². The Morgan fingerprint density at radius 1 is 1.32 bits per heavy atom. The Labute approximate surface area is 153 Å². The van der Waals surface area contributed by atoms with Crippen LogP contribution < -0.4 is 5.32 Å². The smallest absolute Gasteiger partial charge is 0.267 e. The number of hydrogen-bond donors (Lipinski definition) is 1. The van der Waals surface area contributed by atoms with E-state index in [1.807, 2.05) is 24.5 Å². The highest BCUT2D eigenvalue weighted by atomic mass is 32.1. The van der Waals surface area contributed by atoms with E-state index >= 15 is 0 Å². The van der Waals surface area contributed by atoms with Gasteiger partial charge in [-0.25, -0.2) is 4.98 Å². The number of likely N-dealkylation sites (tertiary alicyclic amines) is 1. The Hall–Kier alpha value is -1.66. The van der Waals surface area contributed by atoms with E-state index in [9.17, 15) is 4.79 Å². The Bertz CT molecular complexity index is 761. The molecule has 6 heteroatoms. The second-order valence-electron chi connectivity index (χ2n) is 7.20. The molecule has 0 aromatic carbocycles. The first-order valence-corrected chi connectivity index (χ1v) is 10.1. The van der Waals surface area contributed by atoms with Gasteiger partial charge in [0.25, 0.3) is 5.91 Å². The zero-order valence-electron chi connectivity index (χ0n) is 15.0. The SMILES string of the molecule is CNC(=O)c1ccc([C@@H]2CCCCN2Cc2cnc(C3CC3)s2)n1C. The molecule has 1 aliphatic heterocycles. The molecule has 1 aliphatic carbocycles. The van der Waals surface area contributed by atoms with Crippen molar-refractivity contribution in [2.75, 3.05) is 13.6 Å². The van der Waals surface area contributed by atoms with Crippen LogP contribution in [0, 0.1) is 0 Å². The van der Waals surface area contributed by atoms with E-state index in [0.29, 0.717) is 6.04 Å². The average molecular weight is 359 g/mol. The van der Waals surface area contributed by atoms with Gasteiger partial charge < -0.3 is 9.88 Å². The Balaban J connectivity index is 1.54. The summed E-state index contributed by atoms with van der Waals surface area (Å²) in [5.41, 5.74) is 1.97. The molecule has 0 unspecified atom stereocenters. The molecule has 5 nitrogen and oxygen atoms in total. The minimum Gasteiger partial charge on any atom is -0.354 e. The maximum atomic E-state index is 12.0. The normalized spacial score (nSPS) is 21.4. The van der Waals surface area contributed by atoms with E-state index in [1.54, 1.807) is 7.05 Å². The van der Waals surface area contributed by atoms with Gasteiger partial charge in [-0.2, -0.15) is 0 Å². The first-order valence-electron chi connectivity index (χ1n) is 9.23. The third kappa shape index (κ3) is 3.37. The van der Waals surface area contributed by atoms with E-state index in [2.05, 4.69) is 32.0 Å². The monoisotopic (exact) mass is 358 g/mol. The summed E-state index contributed by atoms with van der Waals surface area (Å²) in [6.07, 6.45) is 8.34. The van der Waals surface area contributed by atoms with Crippen molar-refractivity contribution in [3.05, 3.63) is 39.6 Å². The number of nitrogens with one attached hydrogen (secondary N) is 1. The minimum atomic E-state index is -0.0207. The number of rotatable bonds is 5. The lowest BCUT2D eigenvalue weighted by atomic mass is 9.99. The predicted molar refractivity (Wildman–Crippen MR) is 99.9 cm³/mol. The molecule has 1 saturated heterocycles. The quantitative estimate of drug-likeness (QED) is 0.891. The summed E-state index contributed by atoms with van der Waals surface area (Å²) in [5, 5.41) is 4.05. The number of thiazole rings is 1. The molecule has 0 bridgehead atoms. The standard InChI is InChI=1S/C19H26N4OS/c1-20-18(24)17-9-8-15(22(17)2)16-5-3-4-10-23(16)12-14-11-21-19(25-14)13-6-7-13/h8-9,11,13,16H,3-7,10,12H2,1-2H3,(H,20,24)/t16-/m0/s1. The molecule has 0 radical (unpaired) electrons. The van der Waals surface area contributed by atoms with E-state index < -0.39 is 0 Å². The van der Waals surface area contributed by atoms with Crippen molar-refractivity contribution in [2.24, 2.45) is 7.05 Å². The highest BCUT2D eigenvalue weighted by molar-refractivity contribution is 7.11. The molecule has 25 heavy (non-hydrogen) atoms. The van der Waals surface area contributed by atoms with E-state index in [4.69, 9.17) is 0 Å². The molecule has 1 atom stereocenters. The number of aromatic nitrogens is 2. The molecular formula is C19H26N4OS. The van der Waals surface area contributed by atoms with Gasteiger partial charge >= 0.3 is 0 Å². The number of nitrogens with zero attached hydrogens (tertiary/aromatic N) is 3. The molecule has 134 valence electrons. The van der Waals surface area contributed by atoms with Gasteiger partial charge in [-0.15, -0.1) is 11.3 Å². The summed E-state index contributed by atoms with van der Waals surface area (Å²) in [6, 6.07) is 4.44. The van der Waals surface area contributed by atoms with Crippen LogP contribution in [0.3, 0.4) is 0 Å². The molecule has 2 aromatic heterocycles. The van der Waals surface area contributed by atoms with Crippen molar-refractivity contribution in [3.8, 4) is 0 Å². The number of amides is 1. The maximum absolute atomic E-state index is 12.0. The Morgan fingerprint density at radius 2 is 2.16 bits per heavy atom. The van der Waals surface area contributed by atoms with Crippen LogP contribution in [0.4, 0.5) is 0 Å². The van der Waals surface area contributed by atoms with Crippen LogP contribution >= 0.6 is 11.3 Å². The summed E-state index contributed by atoms with van der Waals surface area (Å²) in [5.74, 6) is 0.714. The first kappa shape index (κ1) is 16.8. The van der Waals surface area contributed by atoms with Crippen LogP contribution in [0.25, 0.3) is 0 Å². The lowest BCUT2D eigenvalue weighted by molar-refractivity contribution is 0.0952. The number of carbonyl (C=O) groups is 1. The second-order valence-corrected chi connectivity index (χ2v) is 8.35. The molecule has 2 fully saturated rings. The van der Waals surface area contributed by atoms with Crippen LogP contribution in [0.1, 0.15) is 70.1 Å². The van der Waals surface area contributed by atoms with Crippen LogP contribution in [0.2, 0.25) is 0 Å². The van der Waals surface area contributed by atoms with Gasteiger partial charge in [0.15, 0.2) is 0 Å². The van der Waals surface area contributed by atoms with E-state index in [-0.39, 0.29) is 5.91 Å². The van der Waals surface area contributed by atoms with Gasteiger partial charge in [-0.1, -0.05) is 6.42 Å². The third-order valence-electron chi connectivity index (χ3n) is 5.43. The molecular weight excluding hydrogens is 332 g/mol. The number of carbonyl (C=O) groups excluding carboxylic acids is 1. The fourth-order valence-corrected chi connectivity index (χ4v) is 4.96.